The summed E-state index contributed by atoms with van der Waals surface area (Å²) in [6.07, 6.45) is 1.38. The minimum atomic E-state index is 0. The molecule has 33 heavy (non-hydrogen) atoms. The predicted octanol–water partition coefficient (Wildman–Crippen LogP) is 3.58. The molecule has 2 atom stereocenters. The van der Waals surface area contributed by atoms with E-state index in [0.29, 0.717) is 19.0 Å². The molecule has 0 amide bonds. The third-order valence-electron chi connectivity index (χ3n) is 5.52. The van der Waals surface area contributed by atoms with Crippen LogP contribution < -0.4 is 20.5 Å². The van der Waals surface area contributed by atoms with Crippen molar-refractivity contribution in [2.24, 2.45) is 10.7 Å². The Morgan fingerprint density at radius 1 is 1.00 bits per heavy atom. The number of halogens is 1. The second kappa shape index (κ2) is 13.6. The van der Waals surface area contributed by atoms with Crippen LogP contribution in [-0.2, 0) is 24.2 Å². The lowest BCUT2D eigenvalue weighted by Gasteiger charge is -2.35. The number of morpholine rings is 1. The first-order valence-corrected chi connectivity index (χ1v) is 11.2. The Hall–Kier alpha value is -2.04. The van der Waals surface area contributed by atoms with Gasteiger partial charge in [0.15, 0.2) is 17.5 Å². The Labute approximate surface area is 214 Å². The third kappa shape index (κ3) is 8.68. The summed E-state index contributed by atoms with van der Waals surface area (Å²) in [4.78, 5) is 6.91. The van der Waals surface area contributed by atoms with E-state index in [1.54, 1.807) is 14.2 Å². The standard InChI is InChI=1S/C25H36N4O3.HI/c1-18-15-29(16-19(2)32-18)17-22-7-5-21(6-8-22)14-28-25(26)27-12-11-20-9-10-23(30-3)24(13-20)31-4;/h5-10,13,18-19H,11-12,14-17H2,1-4H3,(H3,26,27,28);1H. The molecule has 1 saturated heterocycles. The molecule has 1 aliphatic rings. The molecular formula is C25H37IN4O3. The number of hydrogen-bond acceptors (Lipinski definition) is 5. The molecule has 1 aliphatic heterocycles. The van der Waals surface area contributed by atoms with Crippen LogP contribution in [-0.4, -0.2) is 56.9 Å². The first-order chi connectivity index (χ1) is 15.5. The van der Waals surface area contributed by atoms with Crippen LogP contribution in [0, 0.1) is 0 Å². The van der Waals surface area contributed by atoms with Gasteiger partial charge < -0.3 is 25.3 Å². The Kier molecular flexibility index (Phi) is 11.2. The molecule has 0 radical (unpaired) electrons. The summed E-state index contributed by atoms with van der Waals surface area (Å²) in [6, 6.07) is 14.5. The Morgan fingerprint density at radius 2 is 1.61 bits per heavy atom. The van der Waals surface area contributed by atoms with Crippen LogP contribution in [0.2, 0.25) is 0 Å². The average Bonchev–Trinajstić information content (AvgIpc) is 2.78. The van der Waals surface area contributed by atoms with E-state index < -0.39 is 0 Å². The normalized spacial score (nSPS) is 19.0. The Bertz CT molecular complexity index is 882. The molecule has 0 aliphatic carbocycles. The lowest BCUT2D eigenvalue weighted by atomic mass is 10.1. The number of benzene rings is 2. The quantitative estimate of drug-likeness (QED) is 0.274. The summed E-state index contributed by atoms with van der Waals surface area (Å²) in [5.41, 5.74) is 9.63. The number of nitrogens with two attached hydrogens (primary N) is 1. The van der Waals surface area contributed by atoms with Crippen molar-refractivity contribution in [2.75, 3.05) is 33.9 Å². The highest BCUT2D eigenvalue weighted by atomic mass is 127. The van der Waals surface area contributed by atoms with Crippen LogP contribution in [0.25, 0.3) is 0 Å². The van der Waals surface area contributed by atoms with E-state index in [1.807, 2.05) is 18.2 Å². The van der Waals surface area contributed by atoms with Gasteiger partial charge in [0.2, 0.25) is 0 Å². The number of methoxy groups -OCH3 is 2. The van der Waals surface area contributed by atoms with Crippen molar-refractivity contribution in [3.8, 4) is 11.5 Å². The van der Waals surface area contributed by atoms with Crippen molar-refractivity contribution in [1.29, 1.82) is 0 Å². The fourth-order valence-corrected chi connectivity index (χ4v) is 4.03. The van der Waals surface area contributed by atoms with Crippen LogP contribution in [0.3, 0.4) is 0 Å². The first-order valence-electron chi connectivity index (χ1n) is 11.2. The van der Waals surface area contributed by atoms with E-state index in [2.05, 4.69) is 53.3 Å². The number of rotatable bonds is 9. The zero-order valence-electron chi connectivity index (χ0n) is 20.0. The second-order valence-corrected chi connectivity index (χ2v) is 8.34. The molecule has 182 valence electrons. The van der Waals surface area contributed by atoms with Crippen molar-refractivity contribution in [3.63, 3.8) is 0 Å². The molecule has 1 fully saturated rings. The van der Waals surface area contributed by atoms with Gasteiger partial charge in [0.1, 0.15) is 0 Å². The molecular weight excluding hydrogens is 531 g/mol. The van der Waals surface area contributed by atoms with Gasteiger partial charge in [-0.3, -0.25) is 4.90 Å². The number of ether oxygens (including phenoxy) is 3. The molecule has 0 spiro atoms. The predicted molar refractivity (Wildman–Crippen MR) is 144 cm³/mol. The topological polar surface area (TPSA) is 81.3 Å². The molecule has 0 bridgehead atoms. The average molecular weight is 569 g/mol. The third-order valence-corrected chi connectivity index (χ3v) is 5.52. The van der Waals surface area contributed by atoms with Crippen LogP contribution in [0.5, 0.6) is 11.5 Å². The summed E-state index contributed by atoms with van der Waals surface area (Å²) >= 11 is 0. The lowest BCUT2D eigenvalue weighted by Crippen LogP contribution is -2.44. The second-order valence-electron chi connectivity index (χ2n) is 8.34. The van der Waals surface area contributed by atoms with Gasteiger partial charge in [0, 0.05) is 26.2 Å². The maximum absolute atomic E-state index is 6.04. The number of hydrogen-bond donors (Lipinski definition) is 2. The largest absolute Gasteiger partial charge is 0.493 e. The molecule has 1 heterocycles. The number of nitrogens with one attached hydrogen (secondary N) is 1. The highest BCUT2D eigenvalue weighted by Crippen LogP contribution is 2.27. The summed E-state index contributed by atoms with van der Waals surface area (Å²) in [6.45, 7) is 8.42. The van der Waals surface area contributed by atoms with E-state index in [1.165, 1.54) is 5.56 Å². The van der Waals surface area contributed by atoms with Gasteiger partial charge in [-0.15, -0.1) is 24.0 Å². The number of aliphatic imine (C=N–C) groups is 1. The summed E-state index contributed by atoms with van der Waals surface area (Å²) in [5.74, 6) is 1.91. The highest BCUT2D eigenvalue weighted by Gasteiger charge is 2.21. The van der Waals surface area contributed by atoms with E-state index in [9.17, 15) is 0 Å². The van der Waals surface area contributed by atoms with Crippen LogP contribution in [0.4, 0.5) is 0 Å². The van der Waals surface area contributed by atoms with Gasteiger partial charge in [-0.2, -0.15) is 0 Å². The fourth-order valence-electron chi connectivity index (χ4n) is 4.03. The van der Waals surface area contributed by atoms with Gasteiger partial charge in [0.05, 0.1) is 33.0 Å². The zero-order valence-corrected chi connectivity index (χ0v) is 22.4. The van der Waals surface area contributed by atoms with Gasteiger partial charge in [0.25, 0.3) is 0 Å². The van der Waals surface area contributed by atoms with Gasteiger partial charge in [-0.05, 0) is 49.1 Å². The molecule has 2 aromatic carbocycles. The van der Waals surface area contributed by atoms with E-state index in [4.69, 9.17) is 19.9 Å². The van der Waals surface area contributed by atoms with E-state index in [-0.39, 0.29) is 36.2 Å². The minimum Gasteiger partial charge on any atom is -0.493 e. The first kappa shape index (κ1) is 27.2. The number of guanidine groups is 1. The fraction of sp³-hybridized carbons (Fsp3) is 0.480. The van der Waals surface area contributed by atoms with Crippen molar-refractivity contribution in [1.82, 2.24) is 10.2 Å². The van der Waals surface area contributed by atoms with E-state index >= 15 is 0 Å². The summed E-state index contributed by atoms with van der Waals surface area (Å²) in [7, 11) is 3.27. The van der Waals surface area contributed by atoms with Crippen LogP contribution in [0.1, 0.15) is 30.5 Å². The van der Waals surface area contributed by atoms with Gasteiger partial charge in [-0.25, -0.2) is 4.99 Å². The molecule has 2 unspecified atom stereocenters. The maximum Gasteiger partial charge on any atom is 0.188 e. The Morgan fingerprint density at radius 3 is 2.24 bits per heavy atom. The van der Waals surface area contributed by atoms with E-state index in [0.717, 1.165) is 48.7 Å². The summed E-state index contributed by atoms with van der Waals surface area (Å²) < 4.78 is 16.4. The van der Waals surface area contributed by atoms with Gasteiger partial charge in [-0.1, -0.05) is 30.3 Å². The minimum absolute atomic E-state index is 0. The molecule has 3 N–H and O–H groups in total. The van der Waals surface area contributed by atoms with Crippen molar-refractivity contribution in [3.05, 3.63) is 59.2 Å². The lowest BCUT2D eigenvalue weighted by molar-refractivity contribution is -0.0704. The molecule has 0 saturated carbocycles. The van der Waals surface area contributed by atoms with Crippen molar-refractivity contribution < 1.29 is 14.2 Å². The van der Waals surface area contributed by atoms with Crippen LogP contribution >= 0.6 is 24.0 Å². The van der Waals surface area contributed by atoms with Crippen molar-refractivity contribution in [2.45, 2.75) is 45.6 Å². The SMILES string of the molecule is COc1ccc(CCNC(N)=NCc2ccc(CN3CC(C)OC(C)C3)cc2)cc1OC.I. The maximum atomic E-state index is 6.04. The zero-order chi connectivity index (χ0) is 22.9. The molecule has 8 heteroatoms. The summed E-state index contributed by atoms with van der Waals surface area (Å²) in [5, 5.41) is 3.18. The van der Waals surface area contributed by atoms with Crippen molar-refractivity contribution >= 4 is 29.9 Å². The molecule has 2 aromatic rings. The number of nitrogens with zero attached hydrogens (tertiary/aromatic N) is 2. The molecule has 7 nitrogen and oxygen atoms in total. The smallest absolute Gasteiger partial charge is 0.188 e. The molecule has 3 rings (SSSR count). The van der Waals surface area contributed by atoms with Gasteiger partial charge >= 0.3 is 0 Å². The van der Waals surface area contributed by atoms with Crippen LogP contribution in [0.15, 0.2) is 47.5 Å². The monoisotopic (exact) mass is 568 g/mol. The Balaban J connectivity index is 0.00000385. The highest BCUT2D eigenvalue weighted by molar-refractivity contribution is 14.0. The molecule has 0 aromatic heterocycles.